The van der Waals surface area contributed by atoms with Crippen LogP contribution >= 0.6 is 11.3 Å². The van der Waals surface area contributed by atoms with Crippen LogP contribution in [-0.4, -0.2) is 44.3 Å². The van der Waals surface area contributed by atoms with Crippen molar-refractivity contribution < 1.29 is 13.2 Å². The van der Waals surface area contributed by atoms with Crippen molar-refractivity contribution in [3.05, 3.63) is 44.4 Å². The average Bonchev–Trinajstić information content (AvgIpc) is 3.09. The number of hydrogen-bond donors (Lipinski definition) is 1. The number of nitrogens with one attached hydrogen (secondary N) is 1. The topological polar surface area (TPSA) is 79.4 Å². The number of benzene rings is 1. The van der Waals surface area contributed by atoms with Crippen LogP contribution in [0.3, 0.4) is 0 Å². The van der Waals surface area contributed by atoms with Gasteiger partial charge >= 0.3 is 0 Å². The molecular weight excluding hydrogens is 406 g/mol. The van der Waals surface area contributed by atoms with E-state index in [0.717, 1.165) is 36.3 Å². The van der Waals surface area contributed by atoms with Gasteiger partial charge in [-0.25, -0.2) is 17.7 Å². The van der Waals surface area contributed by atoms with Crippen LogP contribution in [0.5, 0.6) is 0 Å². The molecule has 158 valence electrons. The molecule has 29 heavy (non-hydrogen) atoms. The van der Waals surface area contributed by atoms with E-state index in [-0.39, 0.29) is 10.8 Å². The van der Waals surface area contributed by atoms with Crippen molar-refractivity contribution in [3.63, 3.8) is 0 Å². The maximum atomic E-state index is 12.6. The maximum Gasteiger partial charge on any atom is 0.251 e. The average molecular weight is 436 g/mol. The molecule has 1 heterocycles. The van der Waals surface area contributed by atoms with Crippen molar-refractivity contribution in [2.24, 2.45) is 0 Å². The van der Waals surface area contributed by atoms with Gasteiger partial charge in [-0.15, -0.1) is 11.3 Å². The summed E-state index contributed by atoms with van der Waals surface area (Å²) in [5.74, 6) is -0.248. The highest BCUT2D eigenvalue weighted by Crippen LogP contribution is 2.27. The highest BCUT2D eigenvalue weighted by Gasteiger charge is 2.23. The molecule has 1 aromatic carbocycles. The van der Waals surface area contributed by atoms with Gasteiger partial charge in [-0.05, 0) is 69.2 Å². The second-order valence-electron chi connectivity index (χ2n) is 7.75. The fourth-order valence-electron chi connectivity index (χ4n) is 3.48. The van der Waals surface area contributed by atoms with E-state index in [4.69, 9.17) is 4.98 Å². The summed E-state index contributed by atoms with van der Waals surface area (Å²) < 4.78 is 26.3. The Hall–Kier alpha value is -1.77. The molecule has 0 radical (unpaired) electrons. The maximum absolute atomic E-state index is 12.6. The molecule has 1 N–H and O–H groups in total. The van der Waals surface area contributed by atoms with Gasteiger partial charge in [0.1, 0.15) is 0 Å². The minimum Gasteiger partial charge on any atom is -0.352 e. The van der Waals surface area contributed by atoms with Gasteiger partial charge in [0.25, 0.3) is 5.91 Å². The quantitative estimate of drug-likeness (QED) is 0.677. The van der Waals surface area contributed by atoms with E-state index >= 15 is 0 Å². The normalized spacial score (nSPS) is 14.1. The van der Waals surface area contributed by atoms with Crippen LogP contribution in [-0.2, 0) is 29.3 Å². The zero-order valence-corrected chi connectivity index (χ0v) is 19.2. The number of amides is 1. The predicted molar refractivity (Wildman–Crippen MR) is 116 cm³/mol. The Labute approximate surface area is 177 Å². The van der Waals surface area contributed by atoms with Crippen LogP contribution in [0.4, 0.5) is 0 Å². The summed E-state index contributed by atoms with van der Waals surface area (Å²) in [5.41, 5.74) is 3.10. The number of carbonyl (C=O) groups excluding carboxylic acids is 1. The molecule has 1 aliphatic carbocycles. The van der Waals surface area contributed by atoms with E-state index in [1.807, 2.05) is 6.92 Å². The lowest BCUT2D eigenvalue weighted by Crippen LogP contribution is -2.27. The van der Waals surface area contributed by atoms with Gasteiger partial charge in [0.05, 0.1) is 15.6 Å². The molecule has 0 atom stereocenters. The summed E-state index contributed by atoms with van der Waals surface area (Å²) in [6, 6.07) is 3.22. The molecule has 1 aliphatic rings. The first-order valence-corrected chi connectivity index (χ1v) is 12.2. The zero-order valence-electron chi connectivity index (χ0n) is 17.5. The predicted octanol–water partition coefficient (Wildman–Crippen LogP) is 3.25. The first kappa shape index (κ1) is 21.9. The number of fused-ring (bicyclic) bond motifs is 1. The summed E-state index contributed by atoms with van der Waals surface area (Å²) in [6.07, 6.45) is 6.39. The zero-order chi connectivity index (χ0) is 21.2. The number of nitrogens with zero attached hydrogens (tertiary/aromatic N) is 2. The lowest BCUT2D eigenvalue weighted by atomic mass is 10.0. The molecule has 0 bridgehead atoms. The van der Waals surface area contributed by atoms with Crippen LogP contribution in [0.25, 0.3) is 0 Å². The molecule has 8 heteroatoms. The highest BCUT2D eigenvalue weighted by atomic mass is 32.2. The molecule has 0 saturated carbocycles. The summed E-state index contributed by atoms with van der Waals surface area (Å²) >= 11 is 1.81. The largest absolute Gasteiger partial charge is 0.352 e. The highest BCUT2D eigenvalue weighted by molar-refractivity contribution is 7.89. The van der Waals surface area contributed by atoms with Crippen molar-refractivity contribution in [2.45, 2.75) is 57.3 Å². The molecule has 0 aliphatic heterocycles. The summed E-state index contributed by atoms with van der Waals surface area (Å²) in [5, 5.41) is 4.06. The molecule has 1 amide bonds. The van der Waals surface area contributed by atoms with E-state index in [2.05, 4.69) is 5.32 Å². The van der Waals surface area contributed by atoms with E-state index in [9.17, 15) is 13.2 Å². The number of aromatic nitrogens is 1. The van der Waals surface area contributed by atoms with E-state index < -0.39 is 10.0 Å². The van der Waals surface area contributed by atoms with Gasteiger partial charge in [-0.1, -0.05) is 0 Å². The minimum absolute atomic E-state index is 0.181. The number of hydrogen-bond acceptors (Lipinski definition) is 5. The second-order valence-corrected chi connectivity index (χ2v) is 11.0. The fourth-order valence-corrected chi connectivity index (χ4v) is 5.89. The Morgan fingerprint density at radius 1 is 1.21 bits per heavy atom. The van der Waals surface area contributed by atoms with Crippen molar-refractivity contribution >= 4 is 27.3 Å². The monoisotopic (exact) mass is 435 g/mol. The Morgan fingerprint density at radius 3 is 2.62 bits per heavy atom. The molecule has 2 aromatic rings. The number of thiazole rings is 1. The third-order valence-corrected chi connectivity index (χ3v) is 8.54. The first-order valence-electron chi connectivity index (χ1n) is 9.99. The molecule has 0 unspecified atom stereocenters. The van der Waals surface area contributed by atoms with Crippen LogP contribution in [0, 0.1) is 13.8 Å². The van der Waals surface area contributed by atoms with Crippen molar-refractivity contribution in [3.8, 4) is 0 Å². The fraction of sp³-hybridized carbons (Fsp3) is 0.524. The molecule has 6 nitrogen and oxygen atoms in total. The Kier molecular flexibility index (Phi) is 6.76. The Balaban J connectivity index is 1.62. The minimum atomic E-state index is -3.60. The summed E-state index contributed by atoms with van der Waals surface area (Å²) in [6.45, 7) is 4.12. The number of carbonyl (C=O) groups is 1. The number of rotatable bonds is 7. The van der Waals surface area contributed by atoms with E-state index in [0.29, 0.717) is 17.7 Å². The van der Waals surface area contributed by atoms with Crippen LogP contribution < -0.4 is 5.32 Å². The molecule has 0 spiro atoms. The standard InChI is InChI=1S/C21H29N3O3S2/c1-14-12-16(13-19(15(14)2)29(26,27)24(3)4)21(25)22-11-7-10-20-23-17-8-5-6-9-18(17)28-20/h12-13H,5-11H2,1-4H3,(H,22,25). The van der Waals surface area contributed by atoms with E-state index in [1.165, 1.54) is 47.9 Å². The van der Waals surface area contributed by atoms with Gasteiger partial charge in [-0.3, -0.25) is 4.79 Å². The smallest absolute Gasteiger partial charge is 0.251 e. The van der Waals surface area contributed by atoms with Crippen LogP contribution in [0.15, 0.2) is 17.0 Å². The summed E-state index contributed by atoms with van der Waals surface area (Å²) in [4.78, 5) is 18.9. The van der Waals surface area contributed by atoms with Crippen molar-refractivity contribution in [1.82, 2.24) is 14.6 Å². The van der Waals surface area contributed by atoms with E-state index in [1.54, 1.807) is 24.3 Å². The van der Waals surface area contributed by atoms with Gasteiger partial charge in [0.2, 0.25) is 10.0 Å². The number of aryl methyl sites for hydroxylation is 4. The third kappa shape index (κ3) is 4.87. The van der Waals surface area contributed by atoms with Crippen LogP contribution in [0.2, 0.25) is 0 Å². The SMILES string of the molecule is Cc1cc(C(=O)NCCCc2nc3c(s2)CCCC3)cc(S(=O)(=O)N(C)C)c1C. The molecular formula is C21H29N3O3S2. The van der Waals surface area contributed by atoms with Gasteiger partial charge in [0, 0.05) is 37.5 Å². The third-order valence-electron chi connectivity index (χ3n) is 5.38. The second kappa shape index (κ2) is 8.93. The lowest BCUT2D eigenvalue weighted by molar-refractivity contribution is 0.0953. The van der Waals surface area contributed by atoms with Gasteiger partial charge in [-0.2, -0.15) is 0 Å². The van der Waals surface area contributed by atoms with Gasteiger partial charge < -0.3 is 5.32 Å². The van der Waals surface area contributed by atoms with Crippen LogP contribution in [0.1, 0.15) is 56.3 Å². The molecule has 0 saturated heterocycles. The lowest BCUT2D eigenvalue weighted by Gasteiger charge is -2.16. The molecule has 3 rings (SSSR count). The molecule has 0 fully saturated rings. The van der Waals surface area contributed by atoms with Gasteiger partial charge in [0.15, 0.2) is 0 Å². The summed E-state index contributed by atoms with van der Waals surface area (Å²) in [7, 11) is -0.616. The Morgan fingerprint density at radius 2 is 1.93 bits per heavy atom. The first-order chi connectivity index (χ1) is 13.7. The van der Waals surface area contributed by atoms with Crippen molar-refractivity contribution in [1.29, 1.82) is 0 Å². The molecule has 1 aromatic heterocycles. The van der Waals surface area contributed by atoms with Crippen molar-refractivity contribution in [2.75, 3.05) is 20.6 Å². The number of sulfonamides is 1. The Bertz CT molecular complexity index is 987.